The number of rotatable bonds is 3. The van der Waals surface area contributed by atoms with Crippen LogP contribution in [0.1, 0.15) is 25.0 Å². The Morgan fingerprint density at radius 1 is 0.500 bits per heavy atom. The Balaban J connectivity index is 1.42. The summed E-state index contributed by atoms with van der Waals surface area (Å²) in [7, 11) is 0. The van der Waals surface area contributed by atoms with Crippen molar-refractivity contribution in [3.8, 4) is 45.3 Å². The molecule has 40 heavy (non-hydrogen) atoms. The van der Waals surface area contributed by atoms with E-state index in [4.69, 9.17) is 15.0 Å². The second-order valence-corrected chi connectivity index (χ2v) is 11.9. The van der Waals surface area contributed by atoms with E-state index in [2.05, 4.69) is 111 Å². The SMILES string of the molecule is CC1(C)c2ccccc2-c2c(-c3nc(-c4ccccc4)nc(-c4cccc5c4sc4ccccc45)n3)cccc21. The van der Waals surface area contributed by atoms with Crippen LogP contribution in [0.25, 0.3) is 65.5 Å². The van der Waals surface area contributed by atoms with Crippen molar-refractivity contribution in [2.45, 2.75) is 19.3 Å². The van der Waals surface area contributed by atoms with Crippen LogP contribution in [-0.2, 0) is 5.41 Å². The Kier molecular flexibility index (Phi) is 5.04. The van der Waals surface area contributed by atoms with Crippen LogP contribution < -0.4 is 0 Å². The molecule has 4 heteroatoms. The van der Waals surface area contributed by atoms with Crippen molar-refractivity contribution in [2.75, 3.05) is 0 Å². The summed E-state index contributed by atoms with van der Waals surface area (Å²) in [4.78, 5) is 15.4. The van der Waals surface area contributed by atoms with Crippen LogP contribution >= 0.6 is 11.3 Å². The van der Waals surface area contributed by atoms with Crippen LogP contribution in [0.3, 0.4) is 0 Å². The predicted octanol–water partition coefficient (Wildman–Crippen LogP) is 9.55. The fourth-order valence-electron chi connectivity index (χ4n) is 6.20. The summed E-state index contributed by atoms with van der Waals surface area (Å²) in [5.41, 5.74) is 8.08. The standard InChI is InChI=1S/C36H25N3S/c1-36(2)28-19-8-6-15-25(28)31-26(17-11-20-29(31)36)34-37-33(22-12-4-3-5-13-22)38-35(39-34)27-18-10-16-24-23-14-7-9-21-30(23)40-32(24)27/h3-21H,1-2H3. The van der Waals surface area contributed by atoms with E-state index >= 15 is 0 Å². The first-order valence-electron chi connectivity index (χ1n) is 13.6. The van der Waals surface area contributed by atoms with Crippen molar-refractivity contribution in [2.24, 2.45) is 0 Å². The minimum Gasteiger partial charge on any atom is -0.208 e. The summed E-state index contributed by atoms with van der Waals surface area (Å²) in [5, 5.41) is 2.50. The van der Waals surface area contributed by atoms with Gasteiger partial charge in [-0.3, -0.25) is 0 Å². The van der Waals surface area contributed by atoms with Gasteiger partial charge in [0.05, 0.1) is 0 Å². The first-order chi connectivity index (χ1) is 19.6. The molecule has 0 saturated carbocycles. The molecule has 0 N–H and O–H groups in total. The van der Waals surface area contributed by atoms with E-state index in [0.29, 0.717) is 17.5 Å². The molecule has 0 amide bonds. The van der Waals surface area contributed by atoms with Crippen molar-refractivity contribution in [3.05, 3.63) is 126 Å². The number of aromatic nitrogens is 3. The Hall–Kier alpha value is -4.67. The van der Waals surface area contributed by atoms with Crippen LogP contribution in [0, 0.1) is 0 Å². The summed E-state index contributed by atoms with van der Waals surface area (Å²) in [6.45, 7) is 4.61. The van der Waals surface area contributed by atoms with E-state index in [9.17, 15) is 0 Å². The number of hydrogen-bond acceptors (Lipinski definition) is 4. The van der Waals surface area contributed by atoms with Crippen molar-refractivity contribution >= 4 is 31.5 Å². The Morgan fingerprint density at radius 2 is 1.10 bits per heavy atom. The van der Waals surface area contributed by atoms with Gasteiger partial charge in [0.1, 0.15) is 0 Å². The molecule has 5 aromatic carbocycles. The van der Waals surface area contributed by atoms with Crippen molar-refractivity contribution in [1.29, 1.82) is 0 Å². The maximum atomic E-state index is 5.20. The second-order valence-electron chi connectivity index (χ2n) is 10.9. The molecule has 2 aromatic heterocycles. The highest BCUT2D eigenvalue weighted by atomic mass is 32.1. The van der Waals surface area contributed by atoms with Crippen molar-refractivity contribution in [3.63, 3.8) is 0 Å². The van der Waals surface area contributed by atoms with Gasteiger partial charge in [-0.2, -0.15) is 0 Å². The zero-order chi connectivity index (χ0) is 26.8. The molecule has 0 fully saturated rings. The maximum absolute atomic E-state index is 5.20. The molecule has 8 rings (SSSR count). The van der Waals surface area contributed by atoms with Gasteiger partial charge >= 0.3 is 0 Å². The summed E-state index contributed by atoms with van der Waals surface area (Å²) in [6, 6.07) is 40.5. The smallest absolute Gasteiger partial charge is 0.165 e. The zero-order valence-electron chi connectivity index (χ0n) is 22.2. The van der Waals surface area contributed by atoms with Crippen LogP contribution in [0.15, 0.2) is 115 Å². The number of fused-ring (bicyclic) bond motifs is 6. The van der Waals surface area contributed by atoms with Crippen LogP contribution in [0.5, 0.6) is 0 Å². The Labute approximate surface area is 236 Å². The third kappa shape index (κ3) is 3.39. The van der Waals surface area contributed by atoms with E-state index < -0.39 is 0 Å². The van der Waals surface area contributed by atoms with E-state index in [0.717, 1.165) is 16.7 Å². The highest BCUT2D eigenvalue weighted by Crippen LogP contribution is 2.51. The van der Waals surface area contributed by atoms with Crippen LogP contribution in [-0.4, -0.2) is 15.0 Å². The van der Waals surface area contributed by atoms with E-state index in [1.54, 1.807) is 11.3 Å². The predicted molar refractivity (Wildman–Crippen MR) is 167 cm³/mol. The summed E-state index contributed by atoms with van der Waals surface area (Å²) < 4.78 is 2.46. The second kappa shape index (κ2) is 8.67. The third-order valence-corrected chi connectivity index (χ3v) is 9.38. The fourth-order valence-corrected chi connectivity index (χ4v) is 7.41. The third-order valence-electron chi connectivity index (χ3n) is 8.16. The topological polar surface area (TPSA) is 38.7 Å². The maximum Gasteiger partial charge on any atom is 0.165 e. The van der Waals surface area contributed by atoms with Gasteiger partial charge in [-0.05, 0) is 34.4 Å². The molecule has 0 atom stereocenters. The van der Waals surface area contributed by atoms with Gasteiger partial charge in [0.25, 0.3) is 0 Å². The van der Waals surface area contributed by atoms with Crippen molar-refractivity contribution < 1.29 is 0 Å². The molecular formula is C36H25N3S. The molecule has 0 aliphatic heterocycles. The lowest BCUT2D eigenvalue weighted by molar-refractivity contribution is 0.660. The number of hydrogen-bond donors (Lipinski definition) is 0. The molecule has 190 valence electrons. The highest BCUT2D eigenvalue weighted by molar-refractivity contribution is 7.26. The average Bonchev–Trinajstić information content (AvgIpc) is 3.50. The molecule has 1 aliphatic rings. The lowest BCUT2D eigenvalue weighted by Gasteiger charge is -2.21. The molecule has 2 heterocycles. The van der Waals surface area contributed by atoms with E-state index in [1.165, 1.54) is 42.4 Å². The fraction of sp³-hybridized carbons (Fsp3) is 0.0833. The molecule has 3 nitrogen and oxygen atoms in total. The lowest BCUT2D eigenvalue weighted by Crippen LogP contribution is -2.14. The largest absolute Gasteiger partial charge is 0.208 e. The summed E-state index contributed by atoms with van der Waals surface area (Å²) >= 11 is 1.80. The van der Waals surface area contributed by atoms with Gasteiger partial charge < -0.3 is 0 Å². The lowest BCUT2D eigenvalue weighted by atomic mass is 9.82. The van der Waals surface area contributed by atoms with Gasteiger partial charge in [0.15, 0.2) is 17.5 Å². The molecule has 0 saturated heterocycles. The van der Waals surface area contributed by atoms with Gasteiger partial charge in [-0.15, -0.1) is 11.3 Å². The summed E-state index contributed by atoms with van der Waals surface area (Å²) in [6.07, 6.45) is 0. The molecule has 0 spiro atoms. The molecule has 7 aromatic rings. The number of nitrogens with zero attached hydrogens (tertiary/aromatic N) is 3. The summed E-state index contributed by atoms with van der Waals surface area (Å²) in [5.74, 6) is 2.08. The van der Waals surface area contributed by atoms with Gasteiger partial charge in [-0.25, -0.2) is 15.0 Å². The van der Waals surface area contributed by atoms with Crippen molar-refractivity contribution in [1.82, 2.24) is 15.0 Å². The normalized spacial score (nSPS) is 13.4. The van der Waals surface area contributed by atoms with E-state index in [-0.39, 0.29) is 5.41 Å². The van der Waals surface area contributed by atoms with Crippen LogP contribution in [0.4, 0.5) is 0 Å². The monoisotopic (exact) mass is 531 g/mol. The number of thiophene rings is 1. The Morgan fingerprint density at radius 3 is 1.98 bits per heavy atom. The first kappa shape index (κ1) is 23.2. The molecule has 0 bridgehead atoms. The minimum atomic E-state index is -0.0945. The molecule has 0 unspecified atom stereocenters. The molecule has 0 radical (unpaired) electrons. The Bertz CT molecular complexity index is 2090. The highest BCUT2D eigenvalue weighted by Gasteiger charge is 2.37. The molecule has 1 aliphatic carbocycles. The van der Waals surface area contributed by atoms with Crippen LogP contribution in [0.2, 0.25) is 0 Å². The average molecular weight is 532 g/mol. The van der Waals surface area contributed by atoms with E-state index in [1.807, 2.05) is 18.2 Å². The number of benzene rings is 5. The quantitative estimate of drug-likeness (QED) is 0.228. The van der Waals surface area contributed by atoms with Gasteiger partial charge in [-0.1, -0.05) is 117 Å². The molecular weight excluding hydrogens is 506 g/mol. The van der Waals surface area contributed by atoms with Gasteiger partial charge in [0.2, 0.25) is 0 Å². The minimum absolute atomic E-state index is 0.0945. The first-order valence-corrected chi connectivity index (χ1v) is 14.4. The zero-order valence-corrected chi connectivity index (χ0v) is 23.0. The van der Waals surface area contributed by atoms with Gasteiger partial charge in [0, 0.05) is 42.3 Å².